The average molecular weight is 1450 g/mol. The van der Waals surface area contributed by atoms with Crippen molar-refractivity contribution in [2.24, 2.45) is 11.8 Å². The van der Waals surface area contributed by atoms with E-state index in [0.29, 0.717) is 25.7 Å². The van der Waals surface area contributed by atoms with Crippen LogP contribution in [0.4, 0.5) is 0 Å². The molecule has 0 heterocycles. The van der Waals surface area contributed by atoms with Gasteiger partial charge in [-0.2, -0.15) is 0 Å². The zero-order valence-corrected chi connectivity index (χ0v) is 66.6. The number of hydrogen-bond donors (Lipinski definition) is 3. The minimum atomic E-state index is -4.96. The summed E-state index contributed by atoms with van der Waals surface area (Å²) in [4.78, 5) is 73.0. The Bertz CT molecular complexity index is 1910. The molecule has 19 heteroatoms. The smallest absolute Gasteiger partial charge is 0.462 e. The molecule has 0 rings (SSSR count). The Morgan fingerprint density at radius 1 is 0.293 bits per heavy atom. The highest BCUT2D eigenvalue weighted by Crippen LogP contribution is 2.45. The lowest BCUT2D eigenvalue weighted by Crippen LogP contribution is -2.30. The van der Waals surface area contributed by atoms with Gasteiger partial charge in [0.05, 0.1) is 26.4 Å². The maximum Gasteiger partial charge on any atom is 0.472 e. The molecule has 0 fully saturated rings. The molecule has 588 valence electrons. The van der Waals surface area contributed by atoms with Gasteiger partial charge in [0.2, 0.25) is 0 Å². The highest BCUT2D eigenvalue weighted by atomic mass is 31.2. The topological polar surface area (TPSA) is 237 Å². The van der Waals surface area contributed by atoms with E-state index in [9.17, 15) is 43.2 Å². The highest BCUT2D eigenvalue weighted by molar-refractivity contribution is 7.47. The molecule has 0 aliphatic rings. The van der Waals surface area contributed by atoms with Crippen LogP contribution in [0.2, 0.25) is 0 Å². The van der Waals surface area contributed by atoms with E-state index in [0.717, 1.165) is 102 Å². The number of hydrogen-bond acceptors (Lipinski definition) is 15. The first-order chi connectivity index (χ1) is 47.9. The van der Waals surface area contributed by atoms with Crippen LogP contribution in [-0.2, 0) is 65.4 Å². The number of carbonyl (C=O) groups is 4. The van der Waals surface area contributed by atoms with Gasteiger partial charge in [-0.3, -0.25) is 37.3 Å². The van der Waals surface area contributed by atoms with Gasteiger partial charge in [-0.25, -0.2) is 9.13 Å². The van der Waals surface area contributed by atoms with Crippen molar-refractivity contribution in [2.45, 2.75) is 439 Å². The van der Waals surface area contributed by atoms with E-state index in [1.165, 1.54) is 238 Å². The first kappa shape index (κ1) is 97.1. The Balaban J connectivity index is 5.24. The van der Waals surface area contributed by atoms with Gasteiger partial charge in [0.25, 0.3) is 0 Å². The summed E-state index contributed by atoms with van der Waals surface area (Å²) in [5.41, 5.74) is 0. The second-order valence-corrected chi connectivity index (χ2v) is 32.4. The fourth-order valence-corrected chi connectivity index (χ4v) is 13.9. The number of phosphoric ester groups is 2. The first-order valence-corrected chi connectivity index (χ1v) is 44.5. The standard InChI is InChI=1S/C80H156O17P2/c1-7-10-12-14-16-18-20-22-24-25-26-27-28-30-32-34-38-46-52-58-64-79(84)96-75(68-90-77(82)62-56-50-44-37-33-31-29-23-21-19-17-15-13-11-8-2)70-94-98(86,87)92-66-74(81)67-93-99(88,89)95-71-76(97-80(85)65-59-53-47-39-35-36-42-48-54-60-72(4)5)69-91-78(83)63-57-51-45-41-40-43-49-55-61-73(6)9-3/h72-76,81H,7-71H2,1-6H3,(H,86,87)(H,88,89)/t73?,74-,75-,76-/m1/s1. The van der Waals surface area contributed by atoms with Crippen LogP contribution in [0.5, 0.6) is 0 Å². The monoisotopic (exact) mass is 1450 g/mol. The van der Waals surface area contributed by atoms with Gasteiger partial charge in [-0.15, -0.1) is 0 Å². The van der Waals surface area contributed by atoms with E-state index in [2.05, 4.69) is 41.5 Å². The lowest BCUT2D eigenvalue weighted by atomic mass is 9.99. The second kappa shape index (κ2) is 71.7. The van der Waals surface area contributed by atoms with Crippen LogP contribution in [0.1, 0.15) is 420 Å². The predicted octanol–water partition coefficient (Wildman–Crippen LogP) is 23.9. The third kappa shape index (κ3) is 72.8. The molecule has 17 nitrogen and oxygen atoms in total. The van der Waals surface area contributed by atoms with Crippen LogP contribution in [0.15, 0.2) is 0 Å². The summed E-state index contributed by atoms with van der Waals surface area (Å²) >= 11 is 0. The molecule has 0 aromatic carbocycles. The molecule has 0 amide bonds. The lowest BCUT2D eigenvalue weighted by molar-refractivity contribution is -0.161. The molecule has 0 aliphatic carbocycles. The number of rotatable bonds is 79. The minimum Gasteiger partial charge on any atom is -0.462 e. The second-order valence-electron chi connectivity index (χ2n) is 29.5. The number of aliphatic hydroxyl groups is 1. The third-order valence-corrected chi connectivity index (χ3v) is 21.0. The van der Waals surface area contributed by atoms with Crippen LogP contribution in [0.3, 0.4) is 0 Å². The van der Waals surface area contributed by atoms with Crippen molar-refractivity contribution in [2.75, 3.05) is 39.6 Å². The largest absolute Gasteiger partial charge is 0.472 e. The van der Waals surface area contributed by atoms with Gasteiger partial charge in [0, 0.05) is 25.7 Å². The van der Waals surface area contributed by atoms with Gasteiger partial charge in [-0.1, -0.05) is 369 Å². The Labute approximate surface area is 607 Å². The van der Waals surface area contributed by atoms with E-state index in [4.69, 9.17) is 37.0 Å². The Morgan fingerprint density at radius 3 is 0.768 bits per heavy atom. The van der Waals surface area contributed by atoms with E-state index >= 15 is 0 Å². The maximum absolute atomic E-state index is 13.1. The summed E-state index contributed by atoms with van der Waals surface area (Å²) in [5.74, 6) is -0.597. The zero-order valence-electron chi connectivity index (χ0n) is 64.8. The normalized spacial score (nSPS) is 14.2. The Kier molecular flexibility index (Phi) is 70.3. The van der Waals surface area contributed by atoms with Gasteiger partial charge >= 0.3 is 39.5 Å². The molecule has 0 saturated carbocycles. The van der Waals surface area contributed by atoms with E-state index in [1.54, 1.807) is 0 Å². The fourth-order valence-electron chi connectivity index (χ4n) is 12.3. The van der Waals surface area contributed by atoms with Crippen molar-refractivity contribution >= 4 is 39.5 Å². The summed E-state index contributed by atoms with van der Waals surface area (Å²) in [7, 11) is -9.92. The fraction of sp³-hybridized carbons (Fsp3) is 0.950. The van der Waals surface area contributed by atoms with Crippen molar-refractivity contribution in [3.63, 3.8) is 0 Å². The van der Waals surface area contributed by atoms with Gasteiger partial charge in [0.15, 0.2) is 12.2 Å². The third-order valence-electron chi connectivity index (χ3n) is 19.1. The van der Waals surface area contributed by atoms with Gasteiger partial charge < -0.3 is 33.8 Å². The van der Waals surface area contributed by atoms with Crippen LogP contribution in [0.25, 0.3) is 0 Å². The van der Waals surface area contributed by atoms with Crippen molar-refractivity contribution in [1.82, 2.24) is 0 Å². The Morgan fingerprint density at radius 2 is 0.515 bits per heavy atom. The molecule has 3 unspecified atom stereocenters. The van der Waals surface area contributed by atoms with E-state index in [-0.39, 0.29) is 25.7 Å². The molecule has 0 aliphatic heterocycles. The average Bonchev–Trinajstić information content (AvgIpc) is 1.06. The summed E-state index contributed by atoms with van der Waals surface area (Å²) < 4.78 is 68.7. The quantitative estimate of drug-likeness (QED) is 0.0222. The van der Waals surface area contributed by atoms with Gasteiger partial charge in [-0.05, 0) is 37.5 Å². The zero-order chi connectivity index (χ0) is 72.8. The molecule has 0 saturated heterocycles. The van der Waals surface area contributed by atoms with Crippen LogP contribution >= 0.6 is 15.6 Å². The molecule has 99 heavy (non-hydrogen) atoms. The molecule has 6 atom stereocenters. The SMILES string of the molecule is CCCCCCCCCCCCCCCCCCCCCCC(=O)O[C@H](COC(=O)CCCCCCCCCCCCCCCCC)COP(=O)(O)OC[C@@H](O)COP(=O)(O)OC[C@@H](COC(=O)CCCCCCCCCCC(C)CC)OC(=O)CCCCCCCCCCCC(C)C. The van der Waals surface area contributed by atoms with Crippen molar-refractivity contribution in [3.05, 3.63) is 0 Å². The van der Waals surface area contributed by atoms with Gasteiger partial charge in [0.1, 0.15) is 19.3 Å². The number of carbonyl (C=O) groups excluding carboxylic acids is 4. The number of ether oxygens (including phenoxy) is 4. The maximum atomic E-state index is 13.1. The Hall–Kier alpha value is -1.94. The number of esters is 4. The minimum absolute atomic E-state index is 0.105. The van der Waals surface area contributed by atoms with Crippen LogP contribution < -0.4 is 0 Å². The van der Waals surface area contributed by atoms with Crippen molar-refractivity contribution < 1.29 is 80.2 Å². The molecule has 0 radical (unpaired) electrons. The number of unbranched alkanes of at least 4 members (excludes halogenated alkanes) is 48. The molecule has 0 aromatic heterocycles. The van der Waals surface area contributed by atoms with E-state index in [1.807, 2.05) is 0 Å². The summed E-state index contributed by atoms with van der Waals surface area (Å²) in [6, 6.07) is 0. The number of aliphatic hydroxyl groups excluding tert-OH is 1. The summed E-state index contributed by atoms with van der Waals surface area (Å²) in [5, 5.41) is 10.6. The molecule has 0 bridgehead atoms. The lowest BCUT2D eigenvalue weighted by Gasteiger charge is -2.21. The molecule has 0 spiro atoms. The van der Waals surface area contributed by atoms with Crippen LogP contribution in [-0.4, -0.2) is 96.7 Å². The molecular weight excluding hydrogens is 1290 g/mol. The number of phosphoric acid groups is 2. The van der Waals surface area contributed by atoms with Crippen molar-refractivity contribution in [1.29, 1.82) is 0 Å². The molecule has 0 aromatic rings. The summed E-state index contributed by atoms with van der Waals surface area (Å²) in [6.07, 6.45) is 61.0. The van der Waals surface area contributed by atoms with Crippen LogP contribution in [0, 0.1) is 11.8 Å². The van der Waals surface area contributed by atoms with Crippen molar-refractivity contribution in [3.8, 4) is 0 Å². The highest BCUT2D eigenvalue weighted by Gasteiger charge is 2.30. The summed E-state index contributed by atoms with van der Waals surface area (Å²) in [6.45, 7) is 9.61. The molecule has 3 N–H and O–H groups in total. The molecular formula is C80H156O17P2. The first-order valence-electron chi connectivity index (χ1n) is 41.5. The van der Waals surface area contributed by atoms with E-state index < -0.39 is 97.5 Å². The predicted molar refractivity (Wildman–Crippen MR) is 405 cm³/mol.